The molecule has 6 heteroatoms. The van der Waals surface area contributed by atoms with Gasteiger partial charge in [-0.05, 0) is 38.0 Å². The number of nitrogens with zero attached hydrogens (tertiary/aromatic N) is 1. The molecule has 0 aliphatic heterocycles. The molecule has 120 valence electrons. The molecular formula is C17H16ClNO3S. The minimum atomic E-state index is -1.03. The smallest absolute Gasteiger partial charge is 0.337 e. The number of carbonyl (C=O) groups is 1. The van der Waals surface area contributed by atoms with Crippen molar-refractivity contribution in [1.82, 2.24) is 4.98 Å². The Hall–Kier alpha value is -1.72. The van der Waals surface area contributed by atoms with Gasteiger partial charge in [0.1, 0.15) is 5.75 Å². The van der Waals surface area contributed by atoms with E-state index in [0.717, 1.165) is 10.6 Å². The number of ether oxygens (including phenoxy) is 1. The van der Waals surface area contributed by atoms with Crippen molar-refractivity contribution in [2.24, 2.45) is 0 Å². The van der Waals surface area contributed by atoms with E-state index in [1.54, 1.807) is 31.0 Å². The molecule has 4 nitrogen and oxygen atoms in total. The van der Waals surface area contributed by atoms with Crippen LogP contribution in [0.2, 0.25) is 5.02 Å². The average molecular weight is 350 g/mol. The van der Waals surface area contributed by atoms with Crippen molar-refractivity contribution in [3.8, 4) is 16.9 Å². The Bertz CT molecular complexity index is 775. The molecule has 2 aromatic rings. The van der Waals surface area contributed by atoms with Crippen LogP contribution < -0.4 is 4.74 Å². The fourth-order valence-corrected chi connectivity index (χ4v) is 3.70. The van der Waals surface area contributed by atoms with E-state index in [1.807, 2.05) is 13.0 Å². The normalized spacial score (nSPS) is 13.9. The summed E-state index contributed by atoms with van der Waals surface area (Å²) in [5.41, 5.74) is 2.10. The molecule has 1 heterocycles. The molecule has 1 fully saturated rings. The maximum absolute atomic E-state index is 11.5. The highest BCUT2D eigenvalue weighted by Crippen LogP contribution is 2.45. The fourth-order valence-electron chi connectivity index (χ4n) is 2.32. The number of hydrogen-bond donors (Lipinski definition) is 1. The van der Waals surface area contributed by atoms with Gasteiger partial charge in [-0.3, -0.25) is 4.98 Å². The maximum atomic E-state index is 11.5. The molecule has 0 spiro atoms. The summed E-state index contributed by atoms with van der Waals surface area (Å²) in [6.45, 7) is 1.82. The van der Waals surface area contributed by atoms with Crippen molar-refractivity contribution < 1.29 is 14.6 Å². The van der Waals surface area contributed by atoms with Gasteiger partial charge in [-0.2, -0.15) is 0 Å². The summed E-state index contributed by atoms with van der Waals surface area (Å²) >= 11 is 8.15. The second kappa shape index (κ2) is 6.42. The van der Waals surface area contributed by atoms with E-state index in [2.05, 4.69) is 4.98 Å². The third-order valence-corrected chi connectivity index (χ3v) is 5.45. The molecular weight excluding hydrogens is 334 g/mol. The Morgan fingerprint density at radius 2 is 2.09 bits per heavy atom. The topological polar surface area (TPSA) is 59.4 Å². The van der Waals surface area contributed by atoms with E-state index in [1.165, 1.54) is 19.0 Å². The van der Waals surface area contributed by atoms with Gasteiger partial charge in [0, 0.05) is 33.2 Å². The predicted octanol–water partition coefficient (Wildman–Crippen LogP) is 4.67. The number of halogens is 1. The number of aromatic carboxylic acids is 1. The van der Waals surface area contributed by atoms with Crippen LogP contribution in [0.5, 0.6) is 5.75 Å². The van der Waals surface area contributed by atoms with Crippen LogP contribution >= 0.6 is 23.4 Å². The summed E-state index contributed by atoms with van der Waals surface area (Å²) in [4.78, 5) is 16.5. The first-order chi connectivity index (χ1) is 11.0. The zero-order chi connectivity index (χ0) is 16.6. The molecule has 0 unspecified atom stereocenters. The van der Waals surface area contributed by atoms with Crippen LogP contribution in [-0.2, 0) is 0 Å². The number of hydrogen-bond acceptors (Lipinski definition) is 4. The highest BCUT2D eigenvalue weighted by atomic mass is 35.5. The van der Waals surface area contributed by atoms with Crippen LogP contribution in [0.25, 0.3) is 11.1 Å². The van der Waals surface area contributed by atoms with E-state index in [9.17, 15) is 9.90 Å². The Balaban J connectivity index is 2.13. The van der Waals surface area contributed by atoms with Gasteiger partial charge >= 0.3 is 5.97 Å². The van der Waals surface area contributed by atoms with Crippen LogP contribution in [0.15, 0.2) is 29.3 Å². The summed E-state index contributed by atoms with van der Waals surface area (Å²) in [5.74, 6) is -0.409. The van der Waals surface area contributed by atoms with Gasteiger partial charge in [-0.25, -0.2) is 4.79 Å². The summed E-state index contributed by atoms with van der Waals surface area (Å²) < 4.78 is 5.49. The highest BCUT2D eigenvalue weighted by Gasteiger charge is 2.25. The van der Waals surface area contributed by atoms with E-state index in [4.69, 9.17) is 16.3 Å². The van der Waals surface area contributed by atoms with Gasteiger partial charge < -0.3 is 9.84 Å². The van der Waals surface area contributed by atoms with Crippen molar-refractivity contribution in [1.29, 1.82) is 0 Å². The van der Waals surface area contributed by atoms with Gasteiger partial charge in [0.25, 0.3) is 0 Å². The van der Waals surface area contributed by atoms with Crippen molar-refractivity contribution in [3.63, 3.8) is 0 Å². The number of pyridine rings is 1. The first-order valence-electron chi connectivity index (χ1n) is 7.24. The monoisotopic (exact) mass is 349 g/mol. The van der Waals surface area contributed by atoms with Gasteiger partial charge in [0.2, 0.25) is 0 Å². The lowest BCUT2D eigenvalue weighted by molar-refractivity contribution is 0.0697. The molecule has 0 saturated heterocycles. The summed E-state index contributed by atoms with van der Waals surface area (Å²) in [6.07, 6.45) is 3.78. The molecule has 3 rings (SSSR count). The van der Waals surface area contributed by atoms with Crippen molar-refractivity contribution in [3.05, 3.63) is 40.7 Å². The van der Waals surface area contributed by atoms with Crippen LogP contribution in [0, 0.1) is 6.92 Å². The van der Waals surface area contributed by atoms with Crippen LogP contribution in [-0.4, -0.2) is 28.4 Å². The molecule has 1 N–H and O–H groups in total. The van der Waals surface area contributed by atoms with Crippen LogP contribution in [0.3, 0.4) is 0 Å². The number of carboxylic acid groups (broad SMARTS) is 1. The Morgan fingerprint density at radius 3 is 2.70 bits per heavy atom. The van der Waals surface area contributed by atoms with Crippen LogP contribution in [0.4, 0.5) is 0 Å². The molecule has 1 aliphatic carbocycles. The van der Waals surface area contributed by atoms with E-state index in [0.29, 0.717) is 27.1 Å². The minimum Gasteiger partial charge on any atom is -0.496 e. The molecule has 23 heavy (non-hydrogen) atoms. The third kappa shape index (κ3) is 3.46. The van der Waals surface area contributed by atoms with E-state index in [-0.39, 0.29) is 5.56 Å². The Kier molecular flexibility index (Phi) is 4.50. The quantitative estimate of drug-likeness (QED) is 0.849. The molecule has 0 amide bonds. The molecule has 1 aromatic carbocycles. The summed E-state index contributed by atoms with van der Waals surface area (Å²) in [5, 5.41) is 10.7. The first-order valence-corrected chi connectivity index (χ1v) is 8.50. The standard InChI is InChI=1S/C17H16ClNO3S/c1-9-5-11(13(8-19-9)17(20)21)12-6-14(18)16(7-15(12)22-2)23-10-3-4-10/h5-8,10H,3-4H2,1-2H3,(H,20,21). The number of thioether (sulfide) groups is 1. The van der Waals surface area contributed by atoms with Gasteiger partial charge in [-0.15, -0.1) is 11.8 Å². The van der Waals surface area contributed by atoms with Gasteiger partial charge in [-0.1, -0.05) is 11.6 Å². The fraction of sp³-hybridized carbons (Fsp3) is 0.294. The largest absolute Gasteiger partial charge is 0.496 e. The lowest BCUT2D eigenvalue weighted by Gasteiger charge is -2.14. The summed E-state index contributed by atoms with van der Waals surface area (Å²) in [6, 6.07) is 5.42. The Morgan fingerprint density at radius 1 is 1.35 bits per heavy atom. The number of carboxylic acids is 1. The molecule has 1 aromatic heterocycles. The molecule has 0 atom stereocenters. The lowest BCUT2D eigenvalue weighted by atomic mass is 9.99. The Labute approximate surface area is 143 Å². The molecule has 1 aliphatic rings. The molecule has 0 radical (unpaired) electrons. The second-order valence-electron chi connectivity index (χ2n) is 5.48. The average Bonchev–Trinajstić information content (AvgIpc) is 3.32. The first kappa shape index (κ1) is 16.1. The summed E-state index contributed by atoms with van der Waals surface area (Å²) in [7, 11) is 1.58. The van der Waals surface area contributed by atoms with Gasteiger partial charge in [0.05, 0.1) is 17.7 Å². The van der Waals surface area contributed by atoms with E-state index >= 15 is 0 Å². The number of aryl methyl sites for hydroxylation is 1. The van der Waals surface area contributed by atoms with Crippen LogP contribution in [0.1, 0.15) is 28.9 Å². The second-order valence-corrected chi connectivity index (χ2v) is 7.23. The number of aromatic nitrogens is 1. The number of rotatable bonds is 5. The van der Waals surface area contributed by atoms with Gasteiger partial charge in [0.15, 0.2) is 0 Å². The number of benzene rings is 1. The zero-order valence-electron chi connectivity index (χ0n) is 12.8. The number of methoxy groups -OCH3 is 1. The minimum absolute atomic E-state index is 0.132. The SMILES string of the molecule is COc1cc(SC2CC2)c(Cl)cc1-c1cc(C)ncc1C(=O)O. The molecule has 0 bridgehead atoms. The molecule has 1 saturated carbocycles. The third-order valence-electron chi connectivity index (χ3n) is 3.63. The zero-order valence-corrected chi connectivity index (χ0v) is 14.4. The predicted molar refractivity (Wildman–Crippen MR) is 91.8 cm³/mol. The van der Waals surface area contributed by atoms with E-state index < -0.39 is 5.97 Å². The van der Waals surface area contributed by atoms with Crippen molar-refractivity contribution in [2.45, 2.75) is 29.9 Å². The highest BCUT2D eigenvalue weighted by molar-refractivity contribution is 8.00. The van der Waals surface area contributed by atoms with Crippen molar-refractivity contribution in [2.75, 3.05) is 7.11 Å². The lowest BCUT2D eigenvalue weighted by Crippen LogP contribution is -2.02. The van der Waals surface area contributed by atoms with Crippen molar-refractivity contribution >= 4 is 29.3 Å². The maximum Gasteiger partial charge on any atom is 0.337 e.